The first-order valence-corrected chi connectivity index (χ1v) is 7.90. The Bertz CT molecular complexity index is 744. The van der Waals surface area contributed by atoms with Crippen molar-refractivity contribution >= 4 is 27.5 Å². The van der Waals surface area contributed by atoms with Crippen LogP contribution in [0, 0.1) is 6.92 Å². The molecule has 112 valence electrons. The maximum Gasteiger partial charge on any atom is 0.346 e. The summed E-state index contributed by atoms with van der Waals surface area (Å²) in [6, 6.07) is 0.286. The van der Waals surface area contributed by atoms with Gasteiger partial charge in [-0.05, 0) is 25.3 Å². The first-order chi connectivity index (χ1) is 10.1. The SMILES string of the molecule is Cc1c(C(=O)O)sc2ncn(NC3CCCCC3)c(=O)c12. The number of nitrogens with one attached hydrogen (secondary N) is 1. The standard InChI is InChI=1S/C14H17N3O3S/c1-8-10-12(21-11(8)14(19)20)15-7-17(13(10)18)16-9-5-3-2-4-6-9/h7,9,16H,2-6H2,1H3,(H,19,20). The topological polar surface area (TPSA) is 84.2 Å². The van der Waals surface area contributed by atoms with E-state index in [1.54, 1.807) is 6.92 Å². The molecule has 1 aliphatic carbocycles. The summed E-state index contributed by atoms with van der Waals surface area (Å²) in [5, 5.41) is 9.55. The number of carbonyl (C=O) groups is 1. The van der Waals surface area contributed by atoms with Gasteiger partial charge >= 0.3 is 5.97 Å². The fraction of sp³-hybridized carbons (Fsp3) is 0.500. The predicted octanol–water partition coefficient (Wildman–Crippen LogP) is 2.34. The van der Waals surface area contributed by atoms with Gasteiger partial charge in [0.25, 0.3) is 5.56 Å². The van der Waals surface area contributed by atoms with Crippen molar-refractivity contribution in [2.45, 2.75) is 45.1 Å². The third kappa shape index (κ3) is 2.53. The molecule has 1 saturated carbocycles. The van der Waals surface area contributed by atoms with E-state index < -0.39 is 5.97 Å². The summed E-state index contributed by atoms with van der Waals surface area (Å²) in [7, 11) is 0. The molecule has 21 heavy (non-hydrogen) atoms. The number of hydrogen-bond donors (Lipinski definition) is 2. The lowest BCUT2D eigenvalue weighted by molar-refractivity contribution is 0.0701. The van der Waals surface area contributed by atoms with Gasteiger partial charge < -0.3 is 10.5 Å². The minimum absolute atomic E-state index is 0.185. The lowest BCUT2D eigenvalue weighted by Gasteiger charge is -2.24. The lowest BCUT2D eigenvalue weighted by atomic mass is 9.96. The van der Waals surface area contributed by atoms with Gasteiger partial charge in [0.05, 0.1) is 5.39 Å². The quantitative estimate of drug-likeness (QED) is 0.909. The zero-order chi connectivity index (χ0) is 15.0. The average Bonchev–Trinajstić information content (AvgIpc) is 2.81. The van der Waals surface area contributed by atoms with E-state index in [2.05, 4.69) is 10.4 Å². The van der Waals surface area contributed by atoms with Crippen LogP contribution < -0.4 is 11.0 Å². The Morgan fingerprint density at radius 1 is 1.43 bits per heavy atom. The van der Waals surface area contributed by atoms with Crippen LogP contribution >= 0.6 is 11.3 Å². The minimum atomic E-state index is -1.01. The number of thiophene rings is 1. The van der Waals surface area contributed by atoms with E-state index in [4.69, 9.17) is 5.11 Å². The van der Waals surface area contributed by atoms with Gasteiger partial charge in [0.15, 0.2) is 0 Å². The number of aryl methyl sites for hydroxylation is 1. The van der Waals surface area contributed by atoms with Gasteiger partial charge in [0.1, 0.15) is 16.0 Å². The molecule has 6 nitrogen and oxygen atoms in total. The van der Waals surface area contributed by atoms with Crippen molar-refractivity contribution in [3.05, 3.63) is 27.1 Å². The van der Waals surface area contributed by atoms with Crippen molar-refractivity contribution in [3.63, 3.8) is 0 Å². The number of nitrogens with zero attached hydrogens (tertiary/aromatic N) is 2. The molecule has 0 unspecified atom stereocenters. The summed E-state index contributed by atoms with van der Waals surface area (Å²) >= 11 is 1.05. The normalized spacial score (nSPS) is 16.2. The molecule has 0 bridgehead atoms. The van der Waals surface area contributed by atoms with Crippen LogP contribution in [-0.4, -0.2) is 26.8 Å². The van der Waals surface area contributed by atoms with Gasteiger partial charge in [-0.2, -0.15) is 0 Å². The Balaban J connectivity index is 2.01. The molecule has 2 aromatic rings. The van der Waals surface area contributed by atoms with E-state index in [1.165, 1.54) is 30.3 Å². The molecule has 0 aromatic carbocycles. The van der Waals surface area contributed by atoms with Crippen LogP contribution in [0.1, 0.15) is 47.3 Å². The number of rotatable bonds is 3. The highest BCUT2D eigenvalue weighted by molar-refractivity contribution is 7.20. The number of carboxylic acids is 1. The second kappa shape index (κ2) is 5.48. The second-order valence-corrected chi connectivity index (χ2v) is 6.42. The fourth-order valence-corrected chi connectivity index (χ4v) is 3.83. The highest BCUT2D eigenvalue weighted by Crippen LogP contribution is 2.26. The maximum atomic E-state index is 12.5. The molecule has 1 fully saturated rings. The van der Waals surface area contributed by atoms with E-state index in [1.807, 2.05) is 0 Å². The molecule has 0 spiro atoms. The molecule has 0 radical (unpaired) electrons. The van der Waals surface area contributed by atoms with Gasteiger partial charge in [0.2, 0.25) is 0 Å². The average molecular weight is 307 g/mol. The van der Waals surface area contributed by atoms with Crippen molar-refractivity contribution in [2.24, 2.45) is 0 Å². The van der Waals surface area contributed by atoms with Crippen LogP contribution in [0.4, 0.5) is 0 Å². The van der Waals surface area contributed by atoms with Gasteiger partial charge in [-0.15, -0.1) is 11.3 Å². The molecule has 3 rings (SSSR count). The number of aromatic nitrogens is 2. The third-order valence-electron chi connectivity index (χ3n) is 3.97. The van der Waals surface area contributed by atoms with Crippen LogP contribution in [0.2, 0.25) is 0 Å². The first kappa shape index (κ1) is 14.1. The van der Waals surface area contributed by atoms with E-state index in [0.717, 1.165) is 24.2 Å². The molecular formula is C14H17N3O3S. The second-order valence-electron chi connectivity index (χ2n) is 5.43. The van der Waals surface area contributed by atoms with Gasteiger partial charge in [-0.25, -0.2) is 14.5 Å². The monoisotopic (exact) mass is 307 g/mol. The Morgan fingerprint density at radius 3 is 2.81 bits per heavy atom. The fourth-order valence-electron chi connectivity index (χ4n) is 2.85. The Hall–Kier alpha value is -1.89. The van der Waals surface area contributed by atoms with Crippen LogP contribution in [0.5, 0.6) is 0 Å². The highest BCUT2D eigenvalue weighted by atomic mass is 32.1. The Morgan fingerprint density at radius 2 is 2.14 bits per heavy atom. The van der Waals surface area contributed by atoms with Crippen LogP contribution in [0.15, 0.2) is 11.1 Å². The first-order valence-electron chi connectivity index (χ1n) is 7.08. The predicted molar refractivity (Wildman–Crippen MR) is 81.8 cm³/mol. The lowest BCUT2D eigenvalue weighted by Crippen LogP contribution is -2.37. The van der Waals surface area contributed by atoms with E-state index in [9.17, 15) is 9.59 Å². The largest absolute Gasteiger partial charge is 0.477 e. The van der Waals surface area contributed by atoms with E-state index >= 15 is 0 Å². The number of aromatic carboxylic acids is 1. The Labute approximate surface area is 125 Å². The molecular weight excluding hydrogens is 290 g/mol. The molecule has 0 atom stereocenters. The smallest absolute Gasteiger partial charge is 0.346 e. The maximum absolute atomic E-state index is 12.5. The summed E-state index contributed by atoms with van der Waals surface area (Å²) in [5.41, 5.74) is 3.49. The van der Waals surface area contributed by atoms with Crippen LogP contribution in [-0.2, 0) is 0 Å². The molecule has 0 saturated heterocycles. The summed E-state index contributed by atoms with van der Waals surface area (Å²) in [6.45, 7) is 1.66. The minimum Gasteiger partial charge on any atom is -0.477 e. The molecule has 7 heteroatoms. The van der Waals surface area contributed by atoms with E-state index in [-0.39, 0.29) is 16.5 Å². The summed E-state index contributed by atoms with van der Waals surface area (Å²) in [5.74, 6) is -1.01. The molecule has 0 aliphatic heterocycles. The zero-order valence-corrected chi connectivity index (χ0v) is 12.6. The van der Waals surface area contributed by atoms with Crippen molar-refractivity contribution in [2.75, 3.05) is 5.43 Å². The molecule has 2 N–H and O–H groups in total. The van der Waals surface area contributed by atoms with Crippen LogP contribution in [0.3, 0.4) is 0 Å². The Kier molecular flexibility index (Phi) is 3.67. The van der Waals surface area contributed by atoms with Crippen LogP contribution in [0.25, 0.3) is 10.2 Å². The molecule has 2 heterocycles. The van der Waals surface area contributed by atoms with Crippen molar-refractivity contribution in [1.82, 2.24) is 9.66 Å². The van der Waals surface area contributed by atoms with Gasteiger partial charge in [-0.1, -0.05) is 19.3 Å². The van der Waals surface area contributed by atoms with Gasteiger partial charge in [0, 0.05) is 6.04 Å². The number of hydrogen-bond acceptors (Lipinski definition) is 5. The summed E-state index contributed by atoms with van der Waals surface area (Å²) < 4.78 is 1.41. The zero-order valence-electron chi connectivity index (χ0n) is 11.8. The van der Waals surface area contributed by atoms with Gasteiger partial charge in [-0.3, -0.25) is 4.79 Å². The molecule has 1 aliphatic rings. The number of carboxylic acid groups (broad SMARTS) is 1. The summed E-state index contributed by atoms with van der Waals surface area (Å²) in [4.78, 5) is 28.6. The van der Waals surface area contributed by atoms with Crippen molar-refractivity contribution in [1.29, 1.82) is 0 Å². The number of fused-ring (bicyclic) bond motifs is 1. The summed E-state index contributed by atoms with van der Waals surface area (Å²) in [6.07, 6.45) is 7.14. The van der Waals surface area contributed by atoms with E-state index in [0.29, 0.717) is 15.8 Å². The third-order valence-corrected chi connectivity index (χ3v) is 5.16. The highest BCUT2D eigenvalue weighted by Gasteiger charge is 2.20. The van der Waals surface area contributed by atoms with Crippen molar-refractivity contribution in [3.8, 4) is 0 Å². The molecule has 2 aromatic heterocycles. The van der Waals surface area contributed by atoms with Crippen molar-refractivity contribution < 1.29 is 9.90 Å². The molecule has 0 amide bonds.